The van der Waals surface area contributed by atoms with E-state index < -0.39 is 34.7 Å². The second-order valence-corrected chi connectivity index (χ2v) is 2.48. The van der Waals surface area contributed by atoms with Crippen LogP contribution in [0.25, 0.3) is 0 Å². The normalized spacial score (nSPS) is 10.2. The van der Waals surface area contributed by atoms with E-state index in [0.717, 1.165) is 7.11 Å². The molecule has 0 saturated heterocycles. The van der Waals surface area contributed by atoms with E-state index in [1.165, 1.54) is 0 Å². The number of halogens is 4. The fourth-order valence-electron chi connectivity index (χ4n) is 0.886. The summed E-state index contributed by atoms with van der Waals surface area (Å²) >= 11 is 0. The first kappa shape index (κ1) is 11.4. The first-order valence-electron chi connectivity index (χ1n) is 3.65. The Hall–Kier alpha value is -1.63. The fourth-order valence-corrected chi connectivity index (χ4v) is 0.886. The summed E-state index contributed by atoms with van der Waals surface area (Å²) in [5.41, 5.74) is 0.663. The van der Waals surface area contributed by atoms with Gasteiger partial charge >= 0.3 is 0 Å². The predicted octanol–water partition coefficient (Wildman–Crippen LogP) is 1.53. The van der Waals surface area contributed by atoms with Crippen LogP contribution in [-0.2, 0) is 4.84 Å². The van der Waals surface area contributed by atoms with Gasteiger partial charge in [0.25, 0.3) is 5.91 Å². The van der Waals surface area contributed by atoms with Crippen molar-refractivity contribution in [3.05, 3.63) is 34.9 Å². The second-order valence-electron chi connectivity index (χ2n) is 2.48. The molecule has 0 radical (unpaired) electrons. The van der Waals surface area contributed by atoms with Crippen molar-refractivity contribution in [2.24, 2.45) is 0 Å². The number of nitrogens with one attached hydrogen (secondary N) is 1. The van der Waals surface area contributed by atoms with Crippen LogP contribution in [0.5, 0.6) is 0 Å². The third-order valence-corrected chi connectivity index (χ3v) is 1.54. The summed E-state index contributed by atoms with van der Waals surface area (Å²) < 4.78 is 50.6. The summed E-state index contributed by atoms with van der Waals surface area (Å²) in [7, 11) is 1.05. The number of carbonyl (C=O) groups excluding carboxylic acids is 1. The van der Waals surface area contributed by atoms with Crippen LogP contribution in [0.1, 0.15) is 10.4 Å². The van der Waals surface area contributed by atoms with Crippen molar-refractivity contribution in [2.45, 2.75) is 0 Å². The zero-order valence-corrected chi connectivity index (χ0v) is 7.41. The predicted molar refractivity (Wildman–Crippen MR) is 40.7 cm³/mol. The van der Waals surface area contributed by atoms with Crippen molar-refractivity contribution in [3.8, 4) is 0 Å². The highest BCUT2D eigenvalue weighted by atomic mass is 19.2. The van der Waals surface area contributed by atoms with Crippen LogP contribution in [0, 0.1) is 23.3 Å². The maximum Gasteiger partial charge on any atom is 0.278 e. The third-order valence-electron chi connectivity index (χ3n) is 1.54. The molecule has 1 aromatic rings. The van der Waals surface area contributed by atoms with Gasteiger partial charge in [-0.05, 0) is 6.07 Å². The van der Waals surface area contributed by atoms with Gasteiger partial charge in [-0.15, -0.1) is 0 Å². The summed E-state index contributed by atoms with van der Waals surface area (Å²) in [6.07, 6.45) is 0. The quantitative estimate of drug-likeness (QED) is 0.357. The highest BCUT2D eigenvalue weighted by Gasteiger charge is 2.22. The van der Waals surface area contributed by atoms with Gasteiger partial charge in [0.2, 0.25) is 0 Å². The van der Waals surface area contributed by atoms with Crippen LogP contribution in [0.15, 0.2) is 6.07 Å². The van der Waals surface area contributed by atoms with E-state index in [9.17, 15) is 22.4 Å². The van der Waals surface area contributed by atoms with Gasteiger partial charge in [-0.3, -0.25) is 9.63 Å². The SMILES string of the molecule is CONC(=O)c1cc(F)c(F)c(F)c1F. The Morgan fingerprint density at radius 1 is 1.20 bits per heavy atom. The smallest absolute Gasteiger partial charge is 0.277 e. The molecule has 0 aromatic heterocycles. The van der Waals surface area contributed by atoms with Crippen molar-refractivity contribution in [3.63, 3.8) is 0 Å². The molecule has 0 unspecified atom stereocenters. The molecule has 0 bridgehead atoms. The highest BCUT2D eigenvalue weighted by molar-refractivity contribution is 5.93. The van der Waals surface area contributed by atoms with Gasteiger partial charge < -0.3 is 0 Å². The molecule has 0 saturated carbocycles. The number of benzene rings is 1. The maximum atomic E-state index is 12.9. The van der Waals surface area contributed by atoms with E-state index in [-0.39, 0.29) is 6.07 Å². The van der Waals surface area contributed by atoms with E-state index in [1.54, 1.807) is 5.48 Å². The van der Waals surface area contributed by atoms with Crippen molar-refractivity contribution in [1.82, 2.24) is 5.48 Å². The van der Waals surface area contributed by atoms with E-state index >= 15 is 0 Å². The van der Waals surface area contributed by atoms with Gasteiger partial charge in [0.05, 0.1) is 12.7 Å². The average molecular weight is 223 g/mol. The maximum absolute atomic E-state index is 12.9. The number of carbonyl (C=O) groups is 1. The lowest BCUT2D eigenvalue weighted by molar-refractivity contribution is 0.0531. The van der Waals surface area contributed by atoms with Gasteiger partial charge in [-0.25, -0.2) is 23.0 Å². The number of hydrogen-bond acceptors (Lipinski definition) is 2. The Balaban J connectivity index is 3.26. The zero-order valence-electron chi connectivity index (χ0n) is 7.41. The summed E-state index contributed by atoms with van der Waals surface area (Å²) in [5, 5.41) is 0. The molecule has 1 N–H and O–H groups in total. The van der Waals surface area contributed by atoms with Crippen LogP contribution in [-0.4, -0.2) is 13.0 Å². The number of amides is 1. The molecule has 0 aliphatic rings. The Kier molecular flexibility index (Phi) is 3.25. The van der Waals surface area contributed by atoms with Gasteiger partial charge in [0.15, 0.2) is 23.3 Å². The van der Waals surface area contributed by atoms with Crippen molar-refractivity contribution in [1.29, 1.82) is 0 Å². The highest BCUT2D eigenvalue weighted by Crippen LogP contribution is 2.18. The van der Waals surface area contributed by atoms with Gasteiger partial charge in [-0.1, -0.05) is 0 Å². The molecule has 0 aliphatic carbocycles. The standard InChI is InChI=1S/C8H5F4NO2/c1-15-13-8(14)3-2-4(9)6(11)7(12)5(3)10/h2H,1H3,(H,13,14). The number of rotatable bonds is 2. The van der Waals surface area contributed by atoms with Crippen LogP contribution in [0.3, 0.4) is 0 Å². The molecule has 1 amide bonds. The lowest BCUT2D eigenvalue weighted by Gasteiger charge is -2.05. The van der Waals surface area contributed by atoms with Gasteiger partial charge in [-0.2, -0.15) is 0 Å². The molecule has 0 spiro atoms. The van der Waals surface area contributed by atoms with Crippen molar-refractivity contribution < 1.29 is 27.2 Å². The minimum Gasteiger partial charge on any atom is -0.277 e. The first-order chi connectivity index (χ1) is 6.99. The number of hydrogen-bond donors (Lipinski definition) is 1. The first-order valence-corrected chi connectivity index (χ1v) is 3.65. The number of hydroxylamine groups is 1. The Morgan fingerprint density at radius 2 is 1.80 bits per heavy atom. The van der Waals surface area contributed by atoms with E-state index in [0.29, 0.717) is 0 Å². The zero-order chi connectivity index (χ0) is 11.6. The molecule has 1 aromatic carbocycles. The van der Waals surface area contributed by atoms with Crippen LogP contribution >= 0.6 is 0 Å². The lowest BCUT2D eigenvalue weighted by Crippen LogP contribution is -2.24. The molecule has 82 valence electrons. The topological polar surface area (TPSA) is 38.3 Å². The minimum absolute atomic E-state index is 0.238. The Morgan fingerprint density at radius 3 is 2.33 bits per heavy atom. The van der Waals surface area contributed by atoms with Crippen LogP contribution < -0.4 is 5.48 Å². The third kappa shape index (κ3) is 2.07. The van der Waals surface area contributed by atoms with Crippen LogP contribution in [0.4, 0.5) is 17.6 Å². The van der Waals surface area contributed by atoms with Gasteiger partial charge in [0, 0.05) is 0 Å². The lowest BCUT2D eigenvalue weighted by atomic mass is 10.2. The molecule has 0 aliphatic heterocycles. The van der Waals surface area contributed by atoms with Crippen molar-refractivity contribution in [2.75, 3.05) is 7.11 Å². The molecule has 0 fully saturated rings. The summed E-state index contributed by atoms with van der Waals surface area (Å²) in [6.45, 7) is 0. The summed E-state index contributed by atoms with van der Waals surface area (Å²) in [4.78, 5) is 15.1. The van der Waals surface area contributed by atoms with E-state index in [4.69, 9.17) is 0 Å². The monoisotopic (exact) mass is 223 g/mol. The molecule has 1 rings (SSSR count). The fraction of sp³-hybridized carbons (Fsp3) is 0.125. The van der Waals surface area contributed by atoms with Gasteiger partial charge in [0.1, 0.15) is 0 Å². The molecule has 0 atom stereocenters. The molecule has 0 heterocycles. The molecule has 7 heteroatoms. The second kappa shape index (κ2) is 4.26. The summed E-state index contributed by atoms with van der Waals surface area (Å²) in [5.74, 6) is -8.66. The molecule has 3 nitrogen and oxygen atoms in total. The Labute approximate surface area is 81.6 Å². The molecule has 15 heavy (non-hydrogen) atoms. The van der Waals surface area contributed by atoms with E-state index in [1.807, 2.05) is 0 Å². The van der Waals surface area contributed by atoms with E-state index in [2.05, 4.69) is 4.84 Å². The van der Waals surface area contributed by atoms with Crippen molar-refractivity contribution >= 4 is 5.91 Å². The molecular formula is C8H5F4NO2. The average Bonchev–Trinajstić information content (AvgIpc) is 2.20. The summed E-state index contributed by atoms with van der Waals surface area (Å²) in [6, 6.07) is 0.238. The Bertz CT molecular complexity index is 408. The largest absolute Gasteiger partial charge is 0.278 e. The minimum atomic E-state index is -2.05. The molecular weight excluding hydrogens is 218 g/mol. The van der Waals surface area contributed by atoms with Crippen LogP contribution in [0.2, 0.25) is 0 Å².